The first-order valence-electron chi connectivity index (χ1n) is 4.65. The van der Waals surface area contributed by atoms with E-state index >= 15 is 0 Å². The minimum absolute atomic E-state index is 0. The molecule has 4 nitrogen and oxygen atoms in total. The van der Waals surface area contributed by atoms with Crippen molar-refractivity contribution in [3.8, 4) is 0 Å². The van der Waals surface area contributed by atoms with Gasteiger partial charge >= 0.3 is 29.6 Å². The molecular weight excluding hydrogens is 213 g/mol. The molecule has 0 aliphatic rings. The van der Waals surface area contributed by atoms with E-state index in [4.69, 9.17) is 4.28 Å². The first kappa shape index (κ1) is 17.3. The summed E-state index contributed by atoms with van der Waals surface area (Å²) in [6.07, 6.45) is 3.18. The van der Waals surface area contributed by atoms with E-state index in [-0.39, 0.29) is 35.3 Å². The van der Waals surface area contributed by atoms with Crippen LogP contribution in [0.25, 0.3) is 0 Å². The van der Waals surface area contributed by atoms with E-state index in [1.807, 2.05) is 0 Å². The van der Waals surface area contributed by atoms with Gasteiger partial charge in [0.05, 0.1) is 5.75 Å². The third-order valence-electron chi connectivity index (χ3n) is 1.67. The molecule has 0 aromatic carbocycles. The molecule has 0 N–H and O–H groups in total. The molecule has 0 saturated carbocycles. The zero-order chi connectivity index (χ0) is 10.3. The van der Waals surface area contributed by atoms with Crippen molar-refractivity contribution < 1.29 is 12.7 Å². The number of hydrogen-bond donors (Lipinski definition) is 0. The van der Waals surface area contributed by atoms with Gasteiger partial charge in [-0.3, -0.25) is 0 Å². The second-order valence-electron chi connectivity index (χ2n) is 2.98. The van der Waals surface area contributed by atoms with Gasteiger partial charge in [0.25, 0.3) is 10.1 Å². The number of nitrogens with zero attached hydrogens (tertiary/aromatic N) is 1. The van der Waals surface area contributed by atoms with Gasteiger partial charge in [-0.1, -0.05) is 19.8 Å². The van der Waals surface area contributed by atoms with Crippen LogP contribution in [0.1, 0.15) is 33.1 Å². The summed E-state index contributed by atoms with van der Waals surface area (Å²) in [5.74, 6) is 0.0190. The Morgan fingerprint density at radius 1 is 1.21 bits per heavy atom. The molecule has 0 spiro atoms. The van der Waals surface area contributed by atoms with Gasteiger partial charge in [-0.25, -0.2) is 0 Å². The number of hydroxylamine groups is 2. The van der Waals surface area contributed by atoms with Crippen molar-refractivity contribution in [1.82, 2.24) is 5.06 Å². The fourth-order valence-corrected chi connectivity index (χ4v) is 1.44. The number of rotatable bonds is 7. The summed E-state index contributed by atoms with van der Waals surface area (Å²) >= 11 is 0. The molecule has 0 aromatic heterocycles. The van der Waals surface area contributed by atoms with Crippen LogP contribution in [0, 0.1) is 0 Å². The molecule has 0 atom stereocenters. The van der Waals surface area contributed by atoms with E-state index in [0.29, 0.717) is 6.54 Å². The summed E-state index contributed by atoms with van der Waals surface area (Å²) in [6, 6.07) is 0. The van der Waals surface area contributed by atoms with Crippen molar-refractivity contribution in [1.29, 1.82) is 0 Å². The second kappa shape index (κ2) is 9.12. The Kier molecular flexibility index (Phi) is 11.3. The van der Waals surface area contributed by atoms with Crippen molar-refractivity contribution in [3.63, 3.8) is 0 Å². The molecule has 0 fully saturated rings. The van der Waals surface area contributed by atoms with Crippen molar-refractivity contribution in [2.24, 2.45) is 0 Å². The molecule has 0 aliphatic carbocycles. The maximum atomic E-state index is 11.0. The maximum absolute atomic E-state index is 11.0. The van der Waals surface area contributed by atoms with Gasteiger partial charge in [-0.2, -0.15) is 17.8 Å². The standard InChI is InChI=1S/C8H19NO3S.Na.H/c1-4-6-7-8-9(3)12-13(10,11)5-2;;/h4-8H2,1-3H3;;. The van der Waals surface area contributed by atoms with Crippen LogP contribution < -0.4 is 0 Å². The van der Waals surface area contributed by atoms with Crippen LogP contribution in [0.4, 0.5) is 0 Å². The third kappa shape index (κ3) is 9.43. The SMILES string of the molecule is CCCCCN(C)OS(=O)(=O)CC.[NaH]. The predicted molar refractivity (Wildman–Crippen MR) is 59.8 cm³/mol. The first-order chi connectivity index (χ1) is 6.02. The number of hydrogen-bond acceptors (Lipinski definition) is 4. The monoisotopic (exact) mass is 233 g/mol. The van der Waals surface area contributed by atoms with Gasteiger partial charge in [0.1, 0.15) is 0 Å². The topological polar surface area (TPSA) is 46.6 Å². The Hall–Kier alpha value is 0.870. The molecule has 0 unspecified atom stereocenters. The van der Waals surface area contributed by atoms with E-state index < -0.39 is 10.1 Å². The van der Waals surface area contributed by atoms with Crippen LogP contribution in [0.5, 0.6) is 0 Å². The Balaban J connectivity index is 0. The molecule has 0 saturated heterocycles. The van der Waals surface area contributed by atoms with Gasteiger partial charge < -0.3 is 0 Å². The Bertz CT molecular complexity index is 219. The van der Waals surface area contributed by atoms with Crippen LogP contribution in [-0.4, -0.2) is 62.4 Å². The second-order valence-corrected chi connectivity index (χ2v) is 4.82. The molecule has 0 aliphatic heterocycles. The molecule has 82 valence electrons. The molecule has 0 amide bonds. The molecule has 0 aromatic rings. The van der Waals surface area contributed by atoms with Crippen LogP contribution in [-0.2, 0) is 14.4 Å². The zero-order valence-corrected chi connectivity index (χ0v) is 9.43. The number of unbranched alkanes of at least 4 members (excludes halogenated alkanes) is 2. The summed E-state index contributed by atoms with van der Waals surface area (Å²) in [6.45, 7) is 4.33. The molecule has 0 rings (SSSR count). The van der Waals surface area contributed by atoms with Gasteiger partial charge in [0.15, 0.2) is 0 Å². The van der Waals surface area contributed by atoms with Crippen molar-refractivity contribution in [2.45, 2.75) is 33.1 Å². The average molecular weight is 233 g/mol. The van der Waals surface area contributed by atoms with Gasteiger partial charge in [0, 0.05) is 13.6 Å². The fraction of sp³-hybridized carbons (Fsp3) is 1.00. The van der Waals surface area contributed by atoms with Crippen LogP contribution in [0.2, 0.25) is 0 Å². The predicted octanol–water partition coefficient (Wildman–Crippen LogP) is 0.741. The normalized spacial score (nSPS) is 11.4. The molecule has 0 heterocycles. The van der Waals surface area contributed by atoms with Crippen molar-refractivity contribution in [3.05, 3.63) is 0 Å². The van der Waals surface area contributed by atoms with E-state index in [1.165, 1.54) is 5.06 Å². The summed E-state index contributed by atoms with van der Waals surface area (Å²) in [7, 11) is -1.69. The van der Waals surface area contributed by atoms with Crippen LogP contribution >= 0.6 is 0 Å². The molecular formula is C8H20NNaO3S. The van der Waals surface area contributed by atoms with E-state index in [0.717, 1.165) is 19.3 Å². The van der Waals surface area contributed by atoms with Gasteiger partial charge in [-0.15, -0.1) is 0 Å². The average Bonchev–Trinajstić information content (AvgIpc) is 2.04. The van der Waals surface area contributed by atoms with Crippen molar-refractivity contribution >= 4 is 39.7 Å². The van der Waals surface area contributed by atoms with Gasteiger partial charge in [-0.05, 0) is 13.3 Å². The van der Waals surface area contributed by atoms with E-state index in [2.05, 4.69) is 6.92 Å². The van der Waals surface area contributed by atoms with E-state index in [9.17, 15) is 8.42 Å². The Labute approximate surface area is 109 Å². The summed E-state index contributed by atoms with van der Waals surface area (Å²) in [5.41, 5.74) is 0. The van der Waals surface area contributed by atoms with Crippen LogP contribution in [0.15, 0.2) is 0 Å². The molecule has 0 radical (unpaired) electrons. The zero-order valence-electron chi connectivity index (χ0n) is 8.62. The summed E-state index contributed by atoms with van der Waals surface area (Å²) < 4.78 is 26.7. The Morgan fingerprint density at radius 2 is 1.79 bits per heavy atom. The summed E-state index contributed by atoms with van der Waals surface area (Å²) in [5, 5.41) is 1.38. The summed E-state index contributed by atoms with van der Waals surface area (Å²) in [4.78, 5) is 0. The minimum atomic E-state index is -3.33. The Morgan fingerprint density at radius 3 is 2.21 bits per heavy atom. The molecule has 6 heteroatoms. The van der Waals surface area contributed by atoms with Crippen molar-refractivity contribution in [2.75, 3.05) is 19.3 Å². The van der Waals surface area contributed by atoms with Crippen LogP contribution in [0.3, 0.4) is 0 Å². The third-order valence-corrected chi connectivity index (χ3v) is 2.86. The fourth-order valence-electron chi connectivity index (χ4n) is 0.868. The quantitative estimate of drug-likeness (QED) is 0.370. The van der Waals surface area contributed by atoms with Gasteiger partial charge in [0.2, 0.25) is 0 Å². The first-order valence-corrected chi connectivity index (χ1v) is 6.23. The molecule has 14 heavy (non-hydrogen) atoms. The van der Waals surface area contributed by atoms with E-state index in [1.54, 1.807) is 14.0 Å². The molecule has 0 bridgehead atoms.